The van der Waals surface area contributed by atoms with E-state index < -0.39 is 0 Å². The zero-order valence-corrected chi connectivity index (χ0v) is 14.8. The first kappa shape index (κ1) is 16.4. The summed E-state index contributed by atoms with van der Waals surface area (Å²) in [5.74, 6) is 1.19. The van der Waals surface area contributed by atoms with E-state index >= 15 is 0 Å². The molecule has 118 valence electrons. The van der Waals surface area contributed by atoms with Gasteiger partial charge in [-0.3, -0.25) is 0 Å². The van der Waals surface area contributed by atoms with Gasteiger partial charge in [0.2, 0.25) is 5.89 Å². The van der Waals surface area contributed by atoms with Crippen molar-refractivity contribution >= 4 is 35.0 Å². The quantitative estimate of drug-likeness (QED) is 0.554. The molecule has 0 aliphatic carbocycles. The number of nitrogens with zero attached hydrogens (tertiary/aromatic N) is 2. The maximum absolute atomic E-state index is 6.16. The van der Waals surface area contributed by atoms with Gasteiger partial charge in [-0.05, 0) is 30.2 Å². The Balaban J connectivity index is 1.64. The van der Waals surface area contributed by atoms with Gasteiger partial charge in [0, 0.05) is 15.8 Å². The number of thioether (sulfide) groups is 1. The zero-order chi connectivity index (χ0) is 16.2. The third-order valence-corrected chi connectivity index (χ3v) is 4.88. The summed E-state index contributed by atoms with van der Waals surface area (Å²) in [5, 5.41) is 9.95. The molecule has 0 amide bonds. The van der Waals surface area contributed by atoms with E-state index in [1.807, 2.05) is 18.2 Å². The van der Waals surface area contributed by atoms with Crippen molar-refractivity contribution in [3.05, 3.63) is 75.1 Å². The molecule has 0 atom stereocenters. The van der Waals surface area contributed by atoms with Crippen LogP contribution in [0, 0.1) is 6.92 Å². The highest BCUT2D eigenvalue weighted by atomic mass is 35.5. The van der Waals surface area contributed by atoms with Crippen molar-refractivity contribution in [1.82, 2.24) is 10.2 Å². The molecular formula is C17H14Cl2N2OS. The van der Waals surface area contributed by atoms with E-state index in [9.17, 15) is 0 Å². The second-order valence-corrected chi connectivity index (χ2v) is 6.85. The van der Waals surface area contributed by atoms with Gasteiger partial charge in [0.15, 0.2) is 0 Å². The molecule has 0 spiro atoms. The Morgan fingerprint density at radius 2 is 1.70 bits per heavy atom. The van der Waals surface area contributed by atoms with Crippen molar-refractivity contribution in [1.29, 1.82) is 0 Å². The lowest BCUT2D eigenvalue weighted by atomic mass is 10.1. The number of benzene rings is 2. The summed E-state index contributed by atoms with van der Waals surface area (Å²) in [7, 11) is 0. The number of rotatable bonds is 5. The van der Waals surface area contributed by atoms with Crippen LogP contribution in [0.25, 0.3) is 0 Å². The number of aryl methyl sites for hydroxylation is 1. The topological polar surface area (TPSA) is 38.9 Å². The average molecular weight is 365 g/mol. The van der Waals surface area contributed by atoms with Crippen LogP contribution in [0.5, 0.6) is 0 Å². The summed E-state index contributed by atoms with van der Waals surface area (Å²) in [6, 6.07) is 13.7. The number of halogens is 2. The molecule has 0 N–H and O–H groups in total. The van der Waals surface area contributed by atoms with E-state index in [0.717, 1.165) is 11.1 Å². The fraction of sp³-hybridized carbons (Fsp3) is 0.176. The fourth-order valence-electron chi connectivity index (χ4n) is 2.05. The van der Waals surface area contributed by atoms with Gasteiger partial charge in [-0.15, -0.1) is 10.2 Å². The van der Waals surface area contributed by atoms with Gasteiger partial charge in [0.05, 0.1) is 6.42 Å². The van der Waals surface area contributed by atoms with Gasteiger partial charge < -0.3 is 4.42 Å². The second-order valence-electron chi connectivity index (χ2n) is 5.11. The third kappa shape index (κ3) is 4.28. The summed E-state index contributed by atoms with van der Waals surface area (Å²) in [4.78, 5) is 0. The first-order chi connectivity index (χ1) is 11.1. The third-order valence-electron chi connectivity index (χ3n) is 3.33. The van der Waals surface area contributed by atoms with Gasteiger partial charge in [0.25, 0.3) is 5.22 Å². The van der Waals surface area contributed by atoms with Crippen molar-refractivity contribution in [3.8, 4) is 0 Å². The molecule has 0 radical (unpaired) electrons. The van der Waals surface area contributed by atoms with Crippen molar-refractivity contribution in [2.24, 2.45) is 0 Å². The Morgan fingerprint density at radius 3 is 2.39 bits per heavy atom. The molecule has 0 aliphatic rings. The molecule has 23 heavy (non-hydrogen) atoms. The predicted octanol–water partition coefficient (Wildman–Crippen LogP) is 5.57. The minimum atomic E-state index is 0.517. The standard InChI is InChI=1S/C17H14Cl2N2OS/c1-11-5-7-12(8-6-11)9-16-20-21-17(22-16)23-10-13-14(18)3-2-4-15(13)19/h2-8H,9-10H2,1H3. The number of hydrogen-bond donors (Lipinski definition) is 0. The van der Waals surface area contributed by atoms with Crippen LogP contribution in [0.15, 0.2) is 52.1 Å². The Morgan fingerprint density at radius 1 is 1.00 bits per heavy atom. The van der Waals surface area contributed by atoms with Crippen molar-refractivity contribution in [2.75, 3.05) is 0 Å². The maximum atomic E-state index is 6.16. The molecule has 1 heterocycles. The van der Waals surface area contributed by atoms with Crippen LogP contribution in [-0.4, -0.2) is 10.2 Å². The first-order valence-electron chi connectivity index (χ1n) is 7.05. The van der Waals surface area contributed by atoms with Crippen LogP contribution < -0.4 is 0 Å². The Labute approximate surface area is 149 Å². The fourth-order valence-corrected chi connectivity index (χ4v) is 3.57. The highest BCUT2D eigenvalue weighted by Gasteiger charge is 2.11. The van der Waals surface area contributed by atoms with Crippen molar-refractivity contribution in [3.63, 3.8) is 0 Å². The lowest BCUT2D eigenvalue weighted by Crippen LogP contribution is -1.88. The van der Waals surface area contributed by atoms with E-state index in [4.69, 9.17) is 27.6 Å². The number of hydrogen-bond acceptors (Lipinski definition) is 4. The summed E-state index contributed by atoms with van der Waals surface area (Å²) in [5.41, 5.74) is 3.25. The van der Waals surface area contributed by atoms with Crippen LogP contribution >= 0.6 is 35.0 Å². The van der Waals surface area contributed by atoms with Gasteiger partial charge in [-0.25, -0.2) is 0 Å². The lowest BCUT2D eigenvalue weighted by Gasteiger charge is -2.04. The summed E-state index contributed by atoms with van der Waals surface area (Å²) in [6.45, 7) is 2.06. The molecule has 0 saturated heterocycles. The molecule has 6 heteroatoms. The van der Waals surface area contributed by atoms with Crippen molar-refractivity contribution in [2.45, 2.75) is 24.3 Å². The van der Waals surface area contributed by atoms with Gasteiger partial charge >= 0.3 is 0 Å². The highest BCUT2D eigenvalue weighted by Crippen LogP contribution is 2.31. The monoisotopic (exact) mass is 364 g/mol. The molecule has 0 aliphatic heterocycles. The molecule has 3 aromatic rings. The van der Waals surface area contributed by atoms with Crippen LogP contribution in [0.3, 0.4) is 0 Å². The maximum Gasteiger partial charge on any atom is 0.276 e. The second kappa shape index (κ2) is 7.39. The molecule has 3 rings (SSSR count). The van der Waals surface area contributed by atoms with Crippen molar-refractivity contribution < 1.29 is 4.42 Å². The predicted molar refractivity (Wildman–Crippen MR) is 94.3 cm³/mol. The van der Waals surface area contributed by atoms with E-state index in [1.54, 1.807) is 0 Å². The molecule has 0 fully saturated rings. The smallest absolute Gasteiger partial charge is 0.276 e. The summed E-state index contributed by atoms with van der Waals surface area (Å²) in [6.07, 6.45) is 0.626. The molecule has 0 bridgehead atoms. The van der Waals surface area contributed by atoms with Gasteiger partial charge in [-0.2, -0.15) is 0 Å². The lowest BCUT2D eigenvalue weighted by molar-refractivity contribution is 0.420. The molecule has 0 saturated carbocycles. The molecule has 0 unspecified atom stereocenters. The van der Waals surface area contributed by atoms with E-state index in [1.165, 1.54) is 17.3 Å². The number of aromatic nitrogens is 2. The Kier molecular flexibility index (Phi) is 5.26. The molecule has 3 nitrogen and oxygen atoms in total. The zero-order valence-electron chi connectivity index (χ0n) is 12.4. The van der Waals surface area contributed by atoms with E-state index in [2.05, 4.69) is 41.4 Å². The molecular weight excluding hydrogens is 351 g/mol. The highest BCUT2D eigenvalue weighted by molar-refractivity contribution is 7.98. The Hall–Kier alpha value is -1.49. The average Bonchev–Trinajstić information content (AvgIpc) is 2.97. The van der Waals surface area contributed by atoms with E-state index in [0.29, 0.717) is 33.3 Å². The van der Waals surface area contributed by atoms with Gasteiger partial charge in [-0.1, -0.05) is 70.9 Å². The summed E-state index contributed by atoms with van der Waals surface area (Å²) < 4.78 is 5.67. The minimum absolute atomic E-state index is 0.517. The van der Waals surface area contributed by atoms with Gasteiger partial charge in [0.1, 0.15) is 0 Å². The SMILES string of the molecule is Cc1ccc(Cc2nnc(SCc3c(Cl)cccc3Cl)o2)cc1. The largest absolute Gasteiger partial charge is 0.416 e. The van der Waals surface area contributed by atoms with Crippen LogP contribution in [0.1, 0.15) is 22.6 Å². The summed E-state index contributed by atoms with van der Waals surface area (Å²) >= 11 is 13.7. The van der Waals surface area contributed by atoms with Crippen LogP contribution in [-0.2, 0) is 12.2 Å². The molecule has 1 aromatic heterocycles. The Bertz CT molecular complexity index is 782. The normalized spacial score (nSPS) is 10.9. The molecule has 2 aromatic carbocycles. The minimum Gasteiger partial charge on any atom is -0.416 e. The van der Waals surface area contributed by atoms with Crippen LogP contribution in [0.4, 0.5) is 0 Å². The van der Waals surface area contributed by atoms with Crippen LogP contribution in [0.2, 0.25) is 10.0 Å². The first-order valence-corrected chi connectivity index (χ1v) is 8.79. The van der Waals surface area contributed by atoms with E-state index in [-0.39, 0.29) is 0 Å².